The molecule has 3 N–H and O–H groups in total. The van der Waals surface area contributed by atoms with Crippen molar-refractivity contribution in [1.82, 2.24) is 0 Å². The normalized spacial score (nSPS) is 10.5. The molecule has 3 aromatic rings. The van der Waals surface area contributed by atoms with Crippen molar-refractivity contribution >= 4 is 41.4 Å². The Morgan fingerprint density at radius 1 is 0.517 bits per heavy atom. The summed E-state index contributed by atoms with van der Waals surface area (Å²) in [4.78, 5) is 36.5. The van der Waals surface area contributed by atoms with Crippen molar-refractivity contribution in [2.45, 2.75) is 19.6 Å². The zero-order valence-electron chi connectivity index (χ0n) is 14.7. The highest BCUT2D eigenvalue weighted by molar-refractivity contribution is 8.02. The second-order valence-electron chi connectivity index (χ2n) is 5.74. The van der Waals surface area contributed by atoms with E-state index in [2.05, 4.69) is 0 Å². The second kappa shape index (κ2) is 8.85. The summed E-state index contributed by atoms with van der Waals surface area (Å²) in [5.41, 5.74) is 0.160. The molecule has 0 bridgehead atoms. The number of hydrogen-bond donors (Lipinski definition) is 3. The van der Waals surface area contributed by atoms with Crippen LogP contribution in [0.15, 0.2) is 86.3 Å². The molecular formula is C21H14O6S2. The van der Waals surface area contributed by atoms with E-state index in [1.807, 2.05) is 0 Å². The van der Waals surface area contributed by atoms with Crippen LogP contribution in [0, 0.1) is 0 Å². The van der Waals surface area contributed by atoms with Crippen molar-refractivity contribution in [2.24, 2.45) is 0 Å². The van der Waals surface area contributed by atoms with Crippen LogP contribution in [0.5, 0.6) is 0 Å². The highest BCUT2D eigenvalue weighted by Gasteiger charge is 2.20. The van der Waals surface area contributed by atoms with Crippen LogP contribution in [0.4, 0.5) is 0 Å². The molecule has 0 aliphatic heterocycles. The summed E-state index contributed by atoms with van der Waals surface area (Å²) in [5, 5.41) is 28.5. The molecule has 8 heteroatoms. The van der Waals surface area contributed by atoms with Crippen LogP contribution in [-0.4, -0.2) is 33.2 Å². The predicted molar refractivity (Wildman–Crippen MR) is 108 cm³/mol. The van der Waals surface area contributed by atoms with Crippen molar-refractivity contribution in [3.63, 3.8) is 0 Å². The second-order valence-corrected chi connectivity index (χ2v) is 7.88. The van der Waals surface area contributed by atoms with Gasteiger partial charge in [0.25, 0.3) is 0 Å². The molecule has 0 aromatic heterocycles. The van der Waals surface area contributed by atoms with Gasteiger partial charge in [0, 0.05) is 19.6 Å². The molecule has 0 aliphatic carbocycles. The number of rotatable bonds is 7. The lowest BCUT2D eigenvalue weighted by molar-refractivity contribution is 0.0681. The van der Waals surface area contributed by atoms with Crippen molar-refractivity contribution in [2.75, 3.05) is 0 Å². The van der Waals surface area contributed by atoms with Crippen LogP contribution in [0.3, 0.4) is 0 Å². The van der Waals surface area contributed by atoms with E-state index in [0.29, 0.717) is 19.6 Å². The molecule has 0 aliphatic rings. The average Bonchev–Trinajstić information content (AvgIpc) is 2.69. The van der Waals surface area contributed by atoms with Gasteiger partial charge in [0.1, 0.15) is 0 Å². The molecule has 0 atom stereocenters. The minimum absolute atomic E-state index is 0.00741. The first-order valence-corrected chi connectivity index (χ1v) is 9.88. The van der Waals surface area contributed by atoms with E-state index >= 15 is 0 Å². The van der Waals surface area contributed by atoms with Gasteiger partial charge in [0.05, 0.1) is 16.7 Å². The SMILES string of the molecule is O=C(O)c1ccccc1Sc1cccc(C(=O)O)c1Sc1ccccc1C(=O)O. The van der Waals surface area contributed by atoms with Crippen molar-refractivity contribution in [3.8, 4) is 0 Å². The van der Waals surface area contributed by atoms with E-state index in [1.54, 1.807) is 48.5 Å². The number of hydrogen-bond acceptors (Lipinski definition) is 5. The third kappa shape index (κ3) is 4.61. The zero-order chi connectivity index (χ0) is 21.0. The Balaban J connectivity index is 2.11. The fourth-order valence-electron chi connectivity index (χ4n) is 2.56. The Morgan fingerprint density at radius 2 is 0.931 bits per heavy atom. The average molecular weight is 426 g/mol. The van der Waals surface area contributed by atoms with Gasteiger partial charge in [-0.05, 0) is 36.4 Å². The van der Waals surface area contributed by atoms with Gasteiger partial charge < -0.3 is 15.3 Å². The standard InChI is InChI=1S/C21H14O6S2/c22-19(23)12-6-1-3-9-15(12)28-17-11-5-8-14(21(26)27)18(17)29-16-10-4-2-7-13(16)20(24)25/h1-11H,(H,22,23)(H,24,25)(H,26,27). The van der Waals surface area contributed by atoms with E-state index in [0.717, 1.165) is 23.5 Å². The molecule has 29 heavy (non-hydrogen) atoms. The summed E-state index contributed by atoms with van der Waals surface area (Å²) < 4.78 is 0. The summed E-state index contributed by atoms with van der Waals surface area (Å²) in [6.07, 6.45) is 0. The Labute approximate surface area is 174 Å². The van der Waals surface area contributed by atoms with E-state index < -0.39 is 17.9 Å². The smallest absolute Gasteiger partial charge is 0.336 e. The summed E-state index contributed by atoms with van der Waals surface area (Å²) in [6, 6.07) is 17.4. The van der Waals surface area contributed by atoms with Gasteiger partial charge in [0.2, 0.25) is 0 Å². The maximum atomic E-state index is 11.8. The minimum Gasteiger partial charge on any atom is -0.478 e. The summed E-state index contributed by atoms with van der Waals surface area (Å²) in [5.74, 6) is -3.37. The van der Waals surface area contributed by atoms with E-state index in [-0.39, 0.29) is 16.7 Å². The highest BCUT2D eigenvalue weighted by atomic mass is 32.2. The lowest BCUT2D eigenvalue weighted by atomic mass is 10.2. The number of aromatic carboxylic acids is 3. The van der Waals surface area contributed by atoms with Gasteiger partial charge in [-0.15, -0.1) is 0 Å². The molecular weight excluding hydrogens is 412 g/mol. The molecule has 0 amide bonds. The quantitative estimate of drug-likeness (QED) is 0.479. The molecule has 3 aromatic carbocycles. The molecule has 0 saturated heterocycles. The first-order valence-electron chi connectivity index (χ1n) is 8.25. The molecule has 146 valence electrons. The van der Waals surface area contributed by atoms with E-state index in [4.69, 9.17) is 0 Å². The number of benzene rings is 3. The summed E-state index contributed by atoms with van der Waals surface area (Å²) >= 11 is 2.15. The molecule has 0 unspecified atom stereocenters. The molecule has 0 fully saturated rings. The van der Waals surface area contributed by atoms with Gasteiger partial charge in [-0.25, -0.2) is 14.4 Å². The highest BCUT2D eigenvalue weighted by Crippen LogP contribution is 2.42. The topological polar surface area (TPSA) is 112 Å². The number of carboxylic acid groups (broad SMARTS) is 3. The van der Waals surface area contributed by atoms with Gasteiger partial charge >= 0.3 is 17.9 Å². The third-order valence-corrected chi connectivity index (χ3v) is 6.36. The lowest BCUT2D eigenvalue weighted by Gasteiger charge is -2.14. The molecule has 0 spiro atoms. The Hall–Kier alpha value is -3.23. The molecule has 0 saturated carbocycles. The van der Waals surface area contributed by atoms with Crippen molar-refractivity contribution in [1.29, 1.82) is 0 Å². The Bertz CT molecular complexity index is 1110. The Morgan fingerprint density at radius 3 is 1.45 bits per heavy atom. The number of carboxylic acids is 3. The summed E-state index contributed by atoms with van der Waals surface area (Å²) in [7, 11) is 0. The fourth-order valence-corrected chi connectivity index (χ4v) is 4.88. The van der Waals surface area contributed by atoms with Gasteiger partial charge in [-0.2, -0.15) is 0 Å². The van der Waals surface area contributed by atoms with Crippen molar-refractivity contribution < 1.29 is 29.7 Å². The van der Waals surface area contributed by atoms with Crippen molar-refractivity contribution in [3.05, 3.63) is 83.4 Å². The predicted octanol–water partition coefficient (Wildman–Crippen LogP) is 5.08. The lowest BCUT2D eigenvalue weighted by Crippen LogP contribution is -2.02. The summed E-state index contributed by atoms with van der Waals surface area (Å²) in [6.45, 7) is 0. The number of carbonyl (C=O) groups is 3. The minimum atomic E-state index is -1.16. The van der Waals surface area contributed by atoms with Crippen LogP contribution < -0.4 is 0 Å². The molecule has 6 nitrogen and oxygen atoms in total. The van der Waals surface area contributed by atoms with Crippen LogP contribution in [0.1, 0.15) is 31.1 Å². The van der Waals surface area contributed by atoms with Crippen LogP contribution in [0.2, 0.25) is 0 Å². The maximum absolute atomic E-state index is 11.8. The molecule has 0 heterocycles. The maximum Gasteiger partial charge on any atom is 0.336 e. The first kappa shape index (κ1) is 20.5. The third-order valence-electron chi connectivity index (χ3n) is 3.88. The van der Waals surface area contributed by atoms with E-state index in [9.17, 15) is 29.7 Å². The van der Waals surface area contributed by atoms with E-state index in [1.165, 1.54) is 18.2 Å². The molecule has 0 radical (unpaired) electrons. The monoisotopic (exact) mass is 426 g/mol. The van der Waals surface area contributed by atoms with Crippen LogP contribution in [-0.2, 0) is 0 Å². The Kier molecular flexibility index (Phi) is 6.26. The van der Waals surface area contributed by atoms with Crippen LogP contribution in [0.25, 0.3) is 0 Å². The van der Waals surface area contributed by atoms with Gasteiger partial charge in [-0.1, -0.05) is 53.9 Å². The zero-order valence-corrected chi connectivity index (χ0v) is 16.4. The largest absolute Gasteiger partial charge is 0.478 e. The molecule has 3 rings (SSSR count). The van der Waals surface area contributed by atoms with Gasteiger partial charge in [0.15, 0.2) is 0 Å². The van der Waals surface area contributed by atoms with Gasteiger partial charge in [-0.3, -0.25) is 0 Å². The fraction of sp³-hybridized carbons (Fsp3) is 0. The first-order chi connectivity index (χ1) is 13.9. The van der Waals surface area contributed by atoms with Crippen LogP contribution >= 0.6 is 23.5 Å².